The van der Waals surface area contributed by atoms with Gasteiger partial charge in [-0.05, 0) is 30.9 Å². The summed E-state index contributed by atoms with van der Waals surface area (Å²) in [5.41, 5.74) is 0.843. The lowest BCUT2D eigenvalue weighted by molar-refractivity contribution is 0.275. The zero-order valence-corrected chi connectivity index (χ0v) is 11.7. The summed E-state index contributed by atoms with van der Waals surface area (Å²) in [5.74, 6) is 2.06. The summed E-state index contributed by atoms with van der Waals surface area (Å²) >= 11 is 0. The van der Waals surface area contributed by atoms with Gasteiger partial charge in [-0.2, -0.15) is 0 Å². The van der Waals surface area contributed by atoms with E-state index in [0.717, 1.165) is 23.9 Å². The summed E-state index contributed by atoms with van der Waals surface area (Å²) in [4.78, 5) is 0. The van der Waals surface area contributed by atoms with E-state index in [1.54, 1.807) is 12.1 Å². The van der Waals surface area contributed by atoms with Crippen LogP contribution in [0.1, 0.15) is 44.6 Å². The highest BCUT2D eigenvalue weighted by molar-refractivity contribution is 5.38. The number of rotatable bonds is 5. The Morgan fingerprint density at radius 3 is 2.58 bits per heavy atom. The van der Waals surface area contributed by atoms with E-state index in [0.29, 0.717) is 6.54 Å². The second kappa shape index (κ2) is 6.80. The monoisotopic (exact) mass is 263 g/mol. The fourth-order valence-corrected chi connectivity index (χ4v) is 2.85. The maximum atomic E-state index is 9.67. The Bertz CT molecular complexity index is 398. The zero-order valence-electron chi connectivity index (χ0n) is 11.7. The second-order valence-corrected chi connectivity index (χ2v) is 5.90. The van der Waals surface area contributed by atoms with Crippen molar-refractivity contribution in [2.75, 3.05) is 6.54 Å². The quantitative estimate of drug-likeness (QED) is 0.714. The van der Waals surface area contributed by atoms with E-state index in [1.807, 2.05) is 0 Å². The van der Waals surface area contributed by atoms with Crippen LogP contribution in [0, 0.1) is 11.8 Å². The minimum absolute atomic E-state index is 0.109. The SMILES string of the molecule is CC1CCC(CCNCc2ccc(O)cc2O)CC1. The van der Waals surface area contributed by atoms with Crippen molar-refractivity contribution >= 4 is 0 Å². The maximum Gasteiger partial charge on any atom is 0.123 e. The molecule has 106 valence electrons. The molecule has 1 aliphatic carbocycles. The largest absolute Gasteiger partial charge is 0.508 e. The van der Waals surface area contributed by atoms with Gasteiger partial charge in [0.15, 0.2) is 0 Å². The molecule has 0 amide bonds. The Morgan fingerprint density at radius 2 is 1.89 bits per heavy atom. The highest BCUT2D eigenvalue weighted by atomic mass is 16.3. The fraction of sp³-hybridized carbons (Fsp3) is 0.625. The van der Waals surface area contributed by atoms with Gasteiger partial charge in [-0.25, -0.2) is 0 Å². The molecule has 3 heteroatoms. The summed E-state index contributed by atoms with van der Waals surface area (Å²) in [6.07, 6.45) is 6.72. The first-order valence-corrected chi connectivity index (χ1v) is 7.36. The average molecular weight is 263 g/mol. The molecule has 0 aliphatic heterocycles. The molecule has 0 radical (unpaired) electrons. The molecule has 1 aromatic carbocycles. The van der Waals surface area contributed by atoms with Crippen LogP contribution in [-0.4, -0.2) is 16.8 Å². The molecule has 0 bridgehead atoms. The lowest BCUT2D eigenvalue weighted by Gasteiger charge is -2.26. The Balaban J connectivity index is 1.66. The molecular formula is C16H25NO2. The molecule has 0 unspecified atom stereocenters. The van der Waals surface area contributed by atoms with Gasteiger partial charge in [0.25, 0.3) is 0 Å². The molecule has 19 heavy (non-hydrogen) atoms. The van der Waals surface area contributed by atoms with Crippen LogP contribution in [0.3, 0.4) is 0 Å². The van der Waals surface area contributed by atoms with Crippen molar-refractivity contribution in [3.8, 4) is 11.5 Å². The third-order valence-electron chi connectivity index (χ3n) is 4.25. The molecule has 1 fully saturated rings. The van der Waals surface area contributed by atoms with Crippen LogP contribution >= 0.6 is 0 Å². The molecule has 0 saturated heterocycles. The highest BCUT2D eigenvalue weighted by Crippen LogP contribution is 2.30. The molecule has 3 nitrogen and oxygen atoms in total. The van der Waals surface area contributed by atoms with Gasteiger partial charge < -0.3 is 15.5 Å². The minimum Gasteiger partial charge on any atom is -0.508 e. The number of phenolic OH excluding ortho intramolecular Hbond substituents is 2. The maximum absolute atomic E-state index is 9.67. The van der Waals surface area contributed by atoms with Gasteiger partial charge in [0.1, 0.15) is 11.5 Å². The number of nitrogens with one attached hydrogen (secondary N) is 1. The van der Waals surface area contributed by atoms with Crippen LogP contribution in [0.4, 0.5) is 0 Å². The van der Waals surface area contributed by atoms with Crippen LogP contribution in [0.5, 0.6) is 11.5 Å². The molecule has 0 aromatic heterocycles. The molecule has 1 saturated carbocycles. The lowest BCUT2D eigenvalue weighted by atomic mass is 9.81. The van der Waals surface area contributed by atoms with Gasteiger partial charge in [-0.15, -0.1) is 0 Å². The minimum atomic E-state index is 0.109. The number of aromatic hydroxyl groups is 2. The summed E-state index contributed by atoms with van der Waals surface area (Å²) in [6.45, 7) is 4.01. The third kappa shape index (κ3) is 4.43. The Morgan fingerprint density at radius 1 is 1.16 bits per heavy atom. The van der Waals surface area contributed by atoms with Gasteiger partial charge in [-0.3, -0.25) is 0 Å². The van der Waals surface area contributed by atoms with Gasteiger partial charge >= 0.3 is 0 Å². The van der Waals surface area contributed by atoms with Gasteiger partial charge in [0, 0.05) is 18.2 Å². The summed E-state index contributed by atoms with van der Waals surface area (Å²) in [7, 11) is 0. The van der Waals surface area contributed by atoms with E-state index in [1.165, 1.54) is 38.2 Å². The van der Waals surface area contributed by atoms with E-state index < -0.39 is 0 Å². The van der Waals surface area contributed by atoms with Crippen molar-refractivity contribution in [2.45, 2.75) is 45.6 Å². The zero-order chi connectivity index (χ0) is 13.7. The van der Waals surface area contributed by atoms with Crippen LogP contribution in [-0.2, 0) is 6.54 Å². The van der Waals surface area contributed by atoms with Crippen molar-refractivity contribution in [2.24, 2.45) is 11.8 Å². The normalized spacial score (nSPS) is 23.4. The highest BCUT2D eigenvalue weighted by Gasteiger charge is 2.17. The van der Waals surface area contributed by atoms with Gasteiger partial charge in [0.05, 0.1) is 0 Å². The molecule has 1 aromatic rings. The molecule has 3 N–H and O–H groups in total. The van der Waals surface area contributed by atoms with Crippen molar-refractivity contribution < 1.29 is 10.2 Å². The van der Waals surface area contributed by atoms with E-state index >= 15 is 0 Å². The standard InChI is InChI=1S/C16H25NO2/c1-12-2-4-13(5-3-12)8-9-17-11-14-6-7-15(18)10-16(14)19/h6-7,10,12-13,17-19H,2-5,8-9,11H2,1H3. The fourth-order valence-electron chi connectivity index (χ4n) is 2.85. The Labute approximate surface area is 115 Å². The van der Waals surface area contributed by atoms with Crippen molar-refractivity contribution in [3.05, 3.63) is 23.8 Å². The third-order valence-corrected chi connectivity index (χ3v) is 4.25. The number of phenols is 2. The Kier molecular flexibility index (Phi) is 5.08. The van der Waals surface area contributed by atoms with E-state index in [2.05, 4.69) is 12.2 Å². The van der Waals surface area contributed by atoms with Crippen LogP contribution in [0.15, 0.2) is 18.2 Å². The molecule has 0 heterocycles. The van der Waals surface area contributed by atoms with E-state index in [4.69, 9.17) is 0 Å². The molecular weight excluding hydrogens is 238 g/mol. The first-order valence-electron chi connectivity index (χ1n) is 7.36. The van der Waals surface area contributed by atoms with E-state index in [9.17, 15) is 10.2 Å². The summed E-state index contributed by atoms with van der Waals surface area (Å²) < 4.78 is 0. The molecule has 0 atom stereocenters. The van der Waals surface area contributed by atoms with Crippen molar-refractivity contribution in [1.82, 2.24) is 5.32 Å². The van der Waals surface area contributed by atoms with Gasteiger partial charge in [0.2, 0.25) is 0 Å². The predicted octanol–water partition coefficient (Wildman–Crippen LogP) is 3.40. The van der Waals surface area contributed by atoms with Gasteiger partial charge in [-0.1, -0.05) is 38.7 Å². The smallest absolute Gasteiger partial charge is 0.123 e. The first kappa shape index (κ1) is 14.2. The summed E-state index contributed by atoms with van der Waals surface area (Å²) in [6, 6.07) is 4.76. The lowest BCUT2D eigenvalue weighted by Crippen LogP contribution is -2.20. The van der Waals surface area contributed by atoms with E-state index in [-0.39, 0.29) is 11.5 Å². The first-order chi connectivity index (χ1) is 9.15. The van der Waals surface area contributed by atoms with Crippen LogP contribution < -0.4 is 5.32 Å². The summed E-state index contributed by atoms with van der Waals surface area (Å²) in [5, 5.41) is 22.3. The number of hydrogen-bond donors (Lipinski definition) is 3. The number of benzene rings is 1. The molecule has 0 spiro atoms. The Hall–Kier alpha value is -1.22. The second-order valence-electron chi connectivity index (χ2n) is 5.90. The van der Waals surface area contributed by atoms with Crippen LogP contribution in [0.25, 0.3) is 0 Å². The van der Waals surface area contributed by atoms with Crippen LogP contribution in [0.2, 0.25) is 0 Å². The predicted molar refractivity (Wildman–Crippen MR) is 77.2 cm³/mol. The average Bonchev–Trinajstić information content (AvgIpc) is 2.39. The van der Waals surface area contributed by atoms with Crippen molar-refractivity contribution in [1.29, 1.82) is 0 Å². The number of hydrogen-bond acceptors (Lipinski definition) is 3. The molecule has 1 aliphatic rings. The molecule has 2 rings (SSSR count). The topological polar surface area (TPSA) is 52.5 Å². The van der Waals surface area contributed by atoms with Crippen molar-refractivity contribution in [3.63, 3.8) is 0 Å².